The minimum absolute atomic E-state index is 0.329. The third kappa shape index (κ3) is 5.85. The van der Waals surface area contributed by atoms with Crippen LogP contribution in [0.15, 0.2) is 41.5 Å². The Morgan fingerprint density at radius 2 is 1.78 bits per heavy atom. The highest BCUT2D eigenvalue weighted by molar-refractivity contribution is 6.03. The number of aryl methyl sites for hydroxylation is 2. The number of hydrazone groups is 1. The minimum Gasteiger partial charge on any atom is -0.497 e. The zero-order valence-electron chi connectivity index (χ0n) is 15.8. The van der Waals surface area contributed by atoms with Gasteiger partial charge in [-0.1, -0.05) is 6.07 Å². The molecule has 0 bridgehead atoms. The van der Waals surface area contributed by atoms with Crippen LogP contribution in [0.25, 0.3) is 0 Å². The Balaban J connectivity index is 1.89. The van der Waals surface area contributed by atoms with Gasteiger partial charge in [-0.2, -0.15) is 5.10 Å². The van der Waals surface area contributed by atoms with Crippen LogP contribution in [0.2, 0.25) is 0 Å². The molecule has 0 heterocycles. The van der Waals surface area contributed by atoms with Gasteiger partial charge in [-0.25, -0.2) is 5.43 Å². The normalized spacial score (nSPS) is 10.5. The van der Waals surface area contributed by atoms with E-state index in [4.69, 9.17) is 9.47 Å². The summed E-state index contributed by atoms with van der Waals surface area (Å²) in [7, 11) is 3.09. The average Bonchev–Trinajstić information content (AvgIpc) is 2.64. The summed E-state index contributed by atoms with van der Waals surface area (Å²) < 4.78 is 10.4. The first-order chi connectivity index (χ1) is 12.9. The summed E-state index contributed by atoms with van der Waals surface area (Å²) in [6.45, 7) is 3.95. The summed E-state index contributed by atoms with van der Waals surface area (Å²) in [5, 5.41) is 6.56. The number of benzene rings is 2. The maximum atomic E-state index is 12.0. The SMILES string of the molecule is COc1ccc(C=NNC(=O)CC(=O)Nc2ccc(C)c(C)c2)c(OC)c1. The first kappa shape index (κ1) is 20.0. The fourth-order valence-corrected chi connectivity index (χ4v) is 2.31. The van der Waals surface area contributed by atoms with Gasteiger partial charge in [0, 0.05) is 17.3 Å². The second kappa shape index (κ2) is 9.38. The van der Waals surface area contributed by atoms with Gasteiger partial charge in [0.1, 0.15) is 17.9 Å². The zero-order valence-corrected chi connectivity index (χ0v) is 15.8. The second-order valence-electron chi connectivity index (χ2n) is 5.93. The summed E-state index contributed by atoms with van der Waals surface area (Å²) in [5.74, 6) is 0.281. The van der Waals surface area contributed by atoms with Crippen molar-refractivity contribution in [2.75, 3.05) is 19.5 Å². The molecule has 2 aromatic carbocycles. The van der Waals surface area contributed by atoms with E-state index in [1.54, 1.807) is 31.4 Å². The molecule has 7 heteroatoms. The molecule has 0 aliphatic rings. The average molecular weight is 369 g/mol. The number of anilines is 1. The maximum Gasteiger partial charge on any atom is 0.249 e. The molecule has 0 radical (unpaired) electrons. The van der Waals surface area contributed by atoms with E-state index in [0.717, 1.165) is 11.1 Å². The van der Waals surface area contributed by atoms with Crippen LogP contribution in [0.4, 0.5) is 5.69 Å². The summed E-state index contributed by atoms with van der Waals surface area (Å²) in [4.78, 5) is 23.8. The van der Waals surface area contributed by atoms with E-state index in [1.165, 1.54) is 13.3 Å². The molecule has 0 fully saturated rings. The molecule has 0 aliphatic heterocycles. The van der Waals surface area contributed by atoms with Crippen LogP contribution in [0.1, 0.15) is 23.1 Å². The van der Waals surface area contributed by atoms with E-state index in [1.807, 2.05) is 26.0 Å². The summed E-state index contributed by atoms with van der Waals surface area (Å²) >= 11 is 0. The highest BCUT2D eigenvalue weighted by Crippen LogP contribution is 2.23. The van der Waals surface area contributed by atoms with Crippen molar-refractivity contribution < 1.29 is 19.1 Å². The number of nitrogens with zero attached hydrogens (tertiary/aromatic N) is 1. The molecule has 2 rings (SSSR count). The van der Waals surface area contributed by atoms with Gasteiger partial charge >= 0.3 is 0 Å². The number of rotatable bonds is 7. The van der Waals surface area contributed by atoms with E-state index in [-0.39, 0.29) is 6.42 Å². The van der Waals surface area contributed by atoms with Crippen molar-refractivity contribution in [3.63, 3.8) is 0 Å². The van der Waals surface area contributed by atoms with Crippen molar-refractivity contribution in [2.24, 2.45) is 5.10 Å². The Labute approximate surface area is 158 Å². The highest BCUT2D eigenvalue weighted by atomic mass is 16.5. The third-order valence-corrected chi connectivity index (χ3v) is 3.95. The number of methoxy groups -OCH3 is 2. The van der Waals surface area contributed by atoms with E-state index in [9.17, 15) is 9.59 Å². The lowest BCUT2D eigenvalue weighted by Crippen LogP contribution is -2.24. The van der Waals surface area contributed by atoms with Crippen molar-refractivity contribution in [3.05, 3.63) is 53.1 Å². The largest absolute Gasteiger partial charge is 0.497 e. The van der Waals surface area contributed by atoms with E-state index in [2.05, 4.69) is 15.8 Å². The van der Waals surface area contributed by atoms with E-state index >= 15 is 0 Å². The zero-order chi connectivity index (χ0) is 19.8. The van der Waals surface area contributed by atoms with Crippen molar-refractivity contribution in [2.45, 2.75) is 20.3 Å². The summed E-state index contributed by atoms with van der Waals surface area (Å²) in [6, 6.07) is 10.8. The number of carbonyl (C=O) groups is 2. The molecular formula is C20H23N3O4. The topological polar surface area (TPSA) is 89.0 Å². The number of amides is 2. The molecule has 0 aliphatic carbocycles. The number of ether oxygens (including phenoxy) is 2. The smallest absolute Gasteiger partial charge is 0.249 e. The van der Waals surface area contributed by atoms with Crippen molar-refractivity contribution >= 4 is 23.7 Å². The Morgan fingerprint density at radius 1 is 1.00 bits per heavy atom. The van der Waals surface area contributed by atoms with Crippen LogP contribution >= 0.6 is 0 Å². The second-order valence-corrected chi connectivity index (χ2v) is 5.93. The quantitative estimate of drug-likeness (QED) is 0.446. The molecule has 2 amide bonds. The van der Waals surface area contributed by atoms with Crippen molar-refractivity contribution in [1.82, 2.24) is 5.43 Å². The molecule has 0 aromatic heterocycles. The van der Waals surface area contributed by atoms with Gasteiger partial charge in [0.05, 0.1) is 20.4 Å². The van der Waals surface area contributed by atoms with Gasteiger partial charge in [0.15, 0.2) is 0 Å². The van der Waals surface area contributed by atoms with Crippen molar-refractivity contribution in [1.29, 1.82) is 0 Å². The molecule has 0 atom stereocenters. The molecule has 0 spiro atoms. The molecule has 0 saturated heterocycles. The molecule has 27 heavy (non-hydrogen) atoms. The van der Waals surface area contributed by atoms with Gasteiger partial charge in [0.2, 0.25) is 11.8 Å². The third-order valence-electron chi connectivity index (χ3n) is 3.95. The van der Waals surface area contributed by atoms with Gasteiger partial charge in [0.25, 0.3) is 0 Å². The van der Waals surface area contributed by atoms with Crippen LogP contribution in [0.3, 0.4) is 0 Å². The lowest BCUT2D eigenvalue weighted by atomic mass is 10.1. The number of carbonyl (C=O) groups excluding carboxylic acids is 2. The Kier molecular flexibility index (Phi) is 6.93. The molecule has 0 saturated carbocycles. The summed E-state index contributed by atoms with van der Waals surface area (Å²) in [6.07, 6.45) is 1.11. The molecular weight excluding hydrogens is 346 g/mol. The Morgan fingerprint density at radius 3 is 2.44 bits per heavy atom. The van der Waals surface area contributed by atoms with Gasteiger partial charge in [-0.05, 0) is 49.2 Å². The standard InChI is InChI=1S/C20H23N3O4/c1-13-5-7-16(9-14(13)2)22-19(24)11-20(25)23-21-12-15-6-8-17(26-3)10-18(15)27-4/h5-10,12H,11H2,1-4H3,(H,22,24)(H,23,25). The first-order valence-electron chi connectivity index (χ1n) is 8.34. The lowest BCUT2D eigenvalue weighted by molar-refractivity contribution is -0.126. The summed E-state index contributed by atoms with van der Waals surface area (Å²) in [5.41, 5.74) is 5.85. The molecule has 142 valence electrons. The fourth-order valence-electron chi connectivity index (χ4n) is 2.31. The number of nitrogens with one attached hydrogen (secondary N) is 2. The van der Waals surface area contributed by atoms with Crippen LogP contribution < -0.4 is 20.2 Å². The lowest BCUT2D eigenvalue weighted by Gasteiger charge is -2.08. The van der Waals surface area contributed by atoms with Gasteiger partial charge < -0.3 is 14.8 Å². The Bertz CT molecular complexity index is 862. The number of hydrogen-bond acceptors (Lipinski definition) is 5. The molecule has 7 nitrogen and oxygen atoms in total. The van der Waals surface area contributed by atoms with E-state index < -0.39 is 11.8 Å². The highest BCUT2D eigenvalue weighted by Gasteiger charge is 2.10. The molecule has 0 unspecified atom stereocenters. The fraction of sp³-hybridized carbons (Fsp3) is 0.250. The number of hydrogen-bond donors (Lipinski definition) is 2. The monoisotopic (exact) mass is 369 g/mol. The van der Waals surface area contributed by atoms with Gasteiger partial charge in [-0.15, -0.1) is 0 Å². The van der Waals surface area contributed by atoms with Crippen LogP contribution in [-0.4, -0.2) is 32.2 Å². The molecule has 2 aromatic rings. The Hall–Kier alpha value is -3.35. The maximum absolute atomic E-state index is 12.0. The molecule has 2 N–H and O–H groups in total. The first-order valence-corrected chi connectivity index (χ1v) is 8.34. The van der Waals surface area contributed by atoms with Crippen LogP contribution in [-0.2, 0) is 9.59 Å². The predicted molar refractivity (Wildman–Crippen MR) is 104 cm³/mol. The van der Waals surface area contributed by atoms with Crippen LogP contribution in [0, 0.1) is 13.8 Å². The van der Waals surface area contributed by atoms with Crippen molar-refractivity contribution in [3.8, 4) is 11.5 Å². The van der Waals surface area contributed by atoms with Crippen LogP contribution in [0.5, 0.6) is 11.5 Å². The van der Waals surface area contributed by atoms with E-state index in [0.29, 0.717) is 22.7 Å². The predicted octanol–water partition coefficient (Wildman–Crippen LogP) is 2.80. The van der Waals surface area contributed by atoms with Gasteiger partial charge in [-0.3, -0.25) is 9.59 Å². The minimum atomic E-state index is -0.514.